The summed E-state index contributed by atoms with van der Waals surface area (Å²) >= 11 is 12.0. The van der Waals surface area contributed by atoms with Gasteiger partial charge in [-0.25, -0.2) is 4.39 Å². The van der Waals surface area contributed by atoms with E-state index in [0.29, 0.717) is 5.02 Å². The summed E-state index contributed by atoms with van der Waals surface area (Å²) in [4.78, 5) is 27.3. The van der Waals surface area contributed by atoms with Crippen LogP contribution in [0.15, 0.2) is 48.0 Å². The first kappa shape index (κ1) is 19.9. The van der Waals surface area contributed by atoms with Crippen LogP contribution in [0.5, 0.6) is 0 Å². The molecule has 1 heterocycles. The minimum absolute atomic E-state index is 0.134. The van der Waals surface area contributed by atoms with Gasteiger partial charge < -0.3 is 10.0 Å². The van der Waals surface area contributed by atoms with Crippen molar-refractivity contribution in [3.63, 3.8) is 0 Å². The molecule has 4 rings (SSSR count). The van der Waals surface area contributed by atoms with E-state index < -0.39 is 29.3 Å². The zero-order valence-electron chi connectivity index (χ0n) is 15.4. The first-order valence-corrected chi connectivity index (χ1v) is 10.2. The lowest BCUT2D eigenvalue weighted by atomic mass is 9.94. The standard InChI is InChI=1S/C22H18Cl2FNO3/c23-15-10-9-12(11-16(15)24)20(27)18-19(14-7-3-4-8-17(14)25)26(22(29)21(18)28)13-5-1-2-6-13/h3-4,7-11,13,19,27H,1-2,5-6H2/b20-18+. The first-order chi connectivity index (χ1) is 13.9. The summed E-state index contributed by atoms with van der Waals surface area (Å²) in [6, 6.07) is 9.25. The molecule has 1 N–H and O–H groups in total. The molecule has 1 aliphatic carbocycles. The number of carbonyl (C=O) groups is 2. The Bertz CT molecular complexity index is 1030. The average Bonchev–Trinajstić information content (AvgIpc) is 3.31. The van der Waals surface area contributed by atoms with Crippen LogP contribution in [-0.4, -0.2) is 27.7 Å². The van der Waals surface area contributed by atoms with E-state index in [1.807, 2.05) is 0 Å². The van der Waals surface area contributed by atoms with E-state index >= 15 is 0 Å². The van der Waals surface area contributed by atoms with Gasteiger partial charge in [0.25, 0.3) is 11.7 Å². The van der Waals surface area contributed by atoms with E-state index in [1.54, 1.807) is 12.1 Å². The van der Waals surface area contributed by atoms with Crippen molar-refractivity contribution < 1.29 is 19.1 Å². The topological polar surface area (TPSA) is 57.6 Å². The maximum Gasteiger partial charge on any atom is 0.295 e. The fraction of sp³-hybridized carbons (Fsp3) is 0.273. The first-order valence-electron chi connectivity index (χ1n) is 9.40. The van der Waals surface area contributed by atoms with Crippen molar-refractivity contribution >= 4 is 40.7 Å². The maximum atomic E-state index is 14.7. The summed E-state index contributed by atoms with van der Waals surface area (Å²) in [5.41, 5.74) is 0.288. The monoisotopic (exact) mass is 433 g/mol. The zero-order valence-corrected chi connectivity index (χ0v) is 16.9. The highest BCUT2D eigenvalue weighted by Gasteiger charge is 2.49. The number of hydrogen-bond acceptors (Lipinski definition) is 3. The highest BCUT2D eigenvalue weighted by molar-refractivity contribution is 6.47. The summed E-state index contributed by atoms with van der Waals surface area (Å²) in [6.45, 7) is 0. The number of Topliss-reactive ketones (excluding diaryl/α,β-unsaturated/α-hetero) is 1. The minimum atomic E-state index is -0.992. The molecule has 0 bridgehead atoms. The fourth-order valence-corrected chi connectivity index (χ4v) is 4.51. The molecule has 29 heavy (non-hydrogen) atoms. The van der Waals surface area contributed by atoms with Crippen LogP contribution in [0.1, 0.15) is 42.9 Å². The Kier molecular flexibility index (Phi) is 5.36. The van der Waals surface area contributed by atoms with E-state index in [2.05, 4.69) is 0 Å². The van der Waals surface area contributed by atoms with Crippen molar-refractivity contribution in [2.24, 2.45) is 0 Å². The second-order valence-corrected chi connectivity index (χ2v) is 8.11. The van der Waals surface area contributed by atoms with E-state index in [9.17, 15) is 19.1 Å². The van der Waals surface area contributed by atoms with Crippen molar-refractivity contribution in [3.8, 4) is 0 Å². The van der Waals surface area contributed by atoms with Crippen molar-refractivity contribution in [1.29, 1.82) is 0 Å². The number of carbonyl (C=O) groups excluding carboxylic acids is 2. The van der Waals surface area contributed by atoms with Crippen LogP contribution in [0.3, 0.4) is 0 Å². The van der Waals surface area contributed by atoms with E-state index in [1.165, 1.54) is 35.2 Å². The van der Waals surface area contributed by atoms with Crippen LogP contribution in [0, 0.1) is 5.82 Å². The smallest absolute Gasteiger partial charge is 0.295 e. The Morgan fingerprint density at radius 3 is 2.38 bits per heavy atom. The number of benzene rings is 2. The van der Waals surface area contributed by atoms with Gasteiger partial charge in [-0.05, 0) is 37.1 Å². The van der Waals surface area contributed by atoms with Crippen LogP contribution < -0.4 is 0 Å². The van der Waals surface area contributed by atoms with Crippen LogP contribution >= 0.6 is 23.2 Å². The summed E-state index contributed by atoms with van der Waals surface area (Å²) in [5.74, 6) is -2.47. The Balaban J connectivity index is 1.92. The molecule has 1 atom stereocenters. The minimum Gasteiger partial charge on any atom is -0.507 e. The second kappa shape index (κ2) is 7.81. The molecule has 2 aromatic carbocycles. The van der Waals surface area contributed by atoms with Gasteiger partial charge in [-0.2, -0.15) is 0 Å². The van der Waals surface area contributed by atoms with Crippen molar-refractivity contribution in [2.75, 3.05) is 0 Å². The number of nitrogens with zero attached hydrogens (tertiary/aromatic N) is 1. The largest absolute Gasteiger partial charge is 0.507 e. The van der Waals surface area contributed by atoms with Crippen molar-refractivity contribution in [2.45, 2.75) is 37.8 Å². The summed E-state index contributed by atoms with van der Waals surface area (Å²) < 4.78 is 14.7. The quantitative estimate of drug-likeness (QED) is 0.395. The number of aliphatic hydroxyl groups is 1. The van der Waals surface area contributed by atoms with Gasteiger partial charge in [-0.15, -0.1) is 0 Å². The molecule has 0 spiro atoms. The molecule has 150 valence electrons. The van der Waals surface area contributed by atoms with Crippen LogP contribution in [0.4, 0.5) is 4.39 Å². The number of rotatable bonds is 3. The molecule has 1 amide bonds. The Morgan fingerprint density at radius 2 is 1.72 bits per heavy atom. The average molecular weight is 434 g/mol. The molecule has 0 aromatic heterocycles. The molecule has 1 saturated carbocycles. The number of aliphatic hydroxyl groups excluding tert-OH is 1. The lowest BCUT2D eigenvalue weighted by Gasteiger charge is -2.30. The fourth-order valence-electron chi connectivity index (χ4n) is 4.21. The third-order valence-electron chi connectivity index (χ3n) is 5.59. The normalized spacial score (nSPS) is 21.9. The third-order valence-corrected chi connectivity index (χ3v) is 6.33. The van der Waals surface area contributed by atoms with Crippen molar-refractivity contribution in [1.82, 2.24) is 4.90 Å². The lowest BCUT2D eigenvalue weighted by molar-refractivity contribution is -0.141. The lowest BCUT2D eigenvalue weighted by Crippen LogP contribution is -2.38. The number of halogens is 3. The van der Waals surface area contributed by atoms with E-state index in [4.69, 9.17) is 23.2 Å². The molecule has 1 saturated heterocycles. The van der Waals surface area contributed by atoms with Gasteiger partial charge in [-0.3, -0.25) is 9.59 Å². The Hall–Kier alpha value is -2.37. The van der Waals surface area contributed by atoms with Gasteiger partial charge in [0.05, 0.1) is 21.7 Å². The van der Waals surface area contributed by atoms with Crippen LogP contribution in [-0.2, 0) is 9.59 Å². The highest BCUT2D eigenvalue weighted by atomic mass is 35.5. The molecule has 7 heteroatoms. The van der Waals surface area contributed by atoms with Crippen LogP contribution in [0.2, 0.25) is 10.0 Å². The van der Waals surface area contributed by atoms with Gasteiger partial charge in [0.15, 0.2) is 0 Å². The molecular weight excluding hydrogens is 416 g/mol. The summed E-state index contributed by atoms with van der Waals surface area (Å²) in [5, 5.41) is 11.5. The maximum absolute atomic E-state index is 14.7. The second-order valence-electron chi connectivity index (χ2n) is 7.30. The third kappa shape index (κ3) is 3.43. The molecule has 2 fully saturated rings. The molecule has 2 aliphatic rings. The molecule has 0 radical (unpaired) electrons. The number of amides is 1. The number of ketones is 1. The van der Waals surface area contributed by atoms with Gasteiger partial charge in [0, 0.05) is 17.2 Å². The Labute approximate surface area is 177 Å². The Morgan fingerprint density at radius 1 is 1.03 bits per heavy atom. The van der Waals surface area contributed by atoms with Gasteiger partial charge in [0.1, 0.15) is 11.6 Å². The molecule has 4 nitrogen and oxygen atoms in total. The molecular formula is C22H18Cl2FNO3. The summed E-state index contributed by atoms with van der Waals surface area (Å²) in [6.07, 6.45) is 3.35. The van der Waals surface area contributed by atoms with Gasteiger partial charge in [-0.1, -0.05) is 54.2 Å². The van der Waals surface area contributed by atoms with E-state index in [0.717, 1.165) is 25.7 Å². The molecule has 2 aromatic rings. The molecule has 1 unspecified atom stereocenters. The number of hydrogen-bond donors (Lipinski definition) is 1. The molecule has 1 aliphatic heterocycles. The SMILES string of the molecule is O=C1C(=O)N(C2CCCC2)C(c2ccccc2F)/C1=C(\O)c1ccc(Cl)c(Cl)c1. The predicted octanol–water partition coefficient (Wildman–Crippen LogP) is 5.50. The van der Waals surface area contributed by atoms with Crippen molar-refractivity contribution in [3.05, 3.63) is 75.0 Å². The highest BCUT2D eigenvalue weighted by Crippen LogP contribution is 2.44. The van der Waals surface area contributed by atoms with Crippen LogP contribution in [0.25, 0.3) is 5.76 Å². The zero-order chi connectivity index (χ0) is 20.7. The van der Waals surface area contributed by atoms with E-state index in [-0.39, 0.29) is 27.8 Å². The van der Waals surface area contributed by atoms with Gasteiger partial charge >= 0.3 is 0 Å². The predicted molar refractivity (Wildman–Crippen MR) is 109 cm³/mol. The number of likely N-dealkylation sites (tertiary alicyclic amines) is 1. The summed E-state index contributed by atoms with van der Waals surface area (Å²) in [7, 11) is 0. The van der Waals surface area contributed by atoms with Gasteiger partial charge in [0.2, 0.25) is 0 Å².